The van der Waals surface area contributed by atoms with E-state index in [1.807, 2.05) is 91.0 Å². The summed E-state index contributed by atoms with van der Waals surface area (Å²) in [6, 6.07) is 30.0. The molecule has 4 aromatic rings. The minimum atomic E-state index is -0.792. The molecule has 0 spiro atoms. The molecule has 1 aromatic heterocycles. The van der Waals surface area contributed by atoms with E-state index in [2.05, 4.69) is 4.98 Å². The number of rotatable bonds is 11. The Morgan fingerprint density at radius 3 is 1.87 bits per heavy atom. The molecule has 0 N–H and O–H groups in total. The van der Waals surface area contributed by atoms with Gasteiger partial charge < -0.3 is 23.7 Å². The first kappa shape index (κ1) is 26.2. The molecule has 3 aromatic carbocycles. The summed E-state index contributed by atoms with van der Waals surface area (Å²) >= 11 is 5.50. The maximum Gasteiger partial charge on any atom is 0.271 e. The molecule has 2 heterocycles. The van der Waals surface area contributed by atoms with Crippen LogP contribution in [0.4, 0.5) is 0 Å². The van der Waals surface area contributed by atoms with E-state index in [-0.39, 0.29) is 5.17 Å². The van der Waals surface area contributed by atoms with Gasteiger partial charge in [0, 0.05) is 12.4 Å². The molecule has 1 aliphatic heterocycles. The Hall–Kier alpha value is -3.40. The standard InChI is InChI=1S/C30H30N2O5S/c38-30(32-17-16-31-22-32)37-29-28(35-20-25-14-8-3-9-15-25)27(34-19-24-12-6-2-7-13-24)26(36-29)21-33-18-23-10-4-1-5-11-23/h1-17,22,26-29H,18-21H2/t26-,27-,28-,29+/m1/s1. The lowest BCUT2D eigenvalue weighted by Gasteiger charge is -2.25. The fourth-order valence-electron chi connectivity index (χ4n) is 4.23. The van der Waals surface area contributed by atoms with Crippen LogP contribution < -0.4 is 0 Å². The lowest BCUT2D eigenvalue weighted by molar-refractivity contribution is -0.145. The molecule has 1 saturated heterocycles. The second kappa shape index (κ2) is 13.4. The summed E-state index contributed by atoms with van der Waals surface area (Å²) in [5.41, 5.74) is 3.17. The molecule has 4 atom stereocenters. The Kier molecular flexibility index (Phi) is 9.25. The van der Waals surface area contributed by atoms with Crippen LogP contribution in [0.15, 0.2) is 110 Å². The van der Waals surface area contributed by atoms with Crippen molar-refractivity contribution in [1.29, 1.82) is 0 Å². The van der Waals surface area contributed by atoms with Crippen molar-refractivity contribution < 1.29 is 23.7 Å². The molecule has 38 heavy (non-hydrogen) atoms. The van der Waals surface area contributed by atoms with E-state index in [0.717, 1.165) is 16.7 Å². The number of benzene rings is 3. The van der Waals surface area contributed by atoms with Crippen LogP contribution in [-0.2, 0) is 43.5 Å². The predicted molar refractivity (Wildman–Crippen MR) is 146 cm³/mol. The lowest BCUT2D eigenvalue weighted by Crippen LogP contribution is -2.40. The normalized spacial score (nSPS) is 20.8. The fraction of sp³-hybridized carbons (Fsp3) is 0.267. The van der Waals surface area contributed by atoms with E-state index < -0.39 is 24.6 Å². The zero-order valence-electron chi connectivity index (χ0n) is 20.9. The molecular weight excluding hydrogens is 500 g/mol. The van der Waals surface area contributed by atoms with Gasteiger partial charge in [0.2, 0.25) is 6.29 Å². The van der Waals surface area contributed by atoms with Gasteiger partial charge in [0.15, 0.2) is 0 Å². The number of ether oxygens (including phenoxy) is 5. The van der Waals surface area contributed by atoms with Gasteiger partial charge >= 0.3 is 0 Å². The third-order valence-electron chi connectivity index (χ3n) is 6.16. The van der Waals surface area contributed by atoms with Crippen LogP contribution in [0.5, 0.6) is 0 Å². The van der Waals surface area contributed by atoms with Gasteiger partial charge in [-0.2, -0.15) is 0 Å². The van der Waals surface area contributed by atoms with Gasteiger partial charge in [-0.15, -0.1) is 0 Å². The highest BCUT2D eigenvalue weighted by Crippen LogP contribution is 2.30. The summed E-state index contributed by atoms with van der Waals surface area (Å²) in [5, 5.41) is 0.216. The van der Waals surface area contributed by atoms with Crippen LogP contribution in [0.25, 0.3) is 0 Å². The van der Waals surface area contributed by atoms with Crippen LogP contribution in [0.2, 0.25) is 0 Å². The first-order chi connectivity index (χ1) is 18.8. The summed E-state index contributed by atoms with van der Waals surface area (Å²) in [4.78, 5) is 4.05. The number of hydrogen-bond acceptors (Lipinski definition) is 7. The Morgan fingerprint density at radius 2 is 1.32 bits per heavy atom. The maximum atomic E-state index is 6.44. The third kappa shape index (κ3) is 7.12. The molecule has 0 aliphatic carbocycles. The first-order valence-corrected chi connectivity index (χ1v) is 12.9. The Balaban J connectivity index is 1.33. The number of thiocarbonyl (C=S) groups is 1. The highest BCUT2D eigenvalue weighted by Gasteiger charge is 2.48. The van der Waals surface area contributed by atoms with Crippen LogP contribution >= 0.6 is 12.2 Å². The molecule has 0 amide bonds. The topological polar surface area (TPSA) is 64.0 Å². The highest BCUT2D eigenvalue weighted by atomic mass is 32.1. The fourth-order valence-corrected chi connectivity index (χ4v) is 4.43. The lowest BCUT2D eigenvalue weighted by atomic mass is 10.1. The van der Waals surface area contributed by atoms with Gasteiger partial charge in [-0.25, -0.2) is 4.98 Å². The molecule has 0 saturated carbocycles. The second-order valence-corrected chi connectivity index (χ2v) is 9.27. The quantitative estimate of drug-likeness (QED) is 0.249. The van der Waals surface area contributed by atoms with E-state index in [0.29, 0.717) is 26.4 Å². The van der Waals surface area contributed by atoms with E-state index in [4.69, 9.17) is 35.9 Å². The summed E-state index contributed by atoms with van der Waals surface area (Å²) in [6.07, 6.45) is 2.72. The average molecular weight is 531 g/mol. The van der Waals surface area contributed by atoms with Crippen LogP contribution in [-0.4, -0.2) is 45.9 Å². The van der Waals surface area contributed by atoms with E-state index in [1.165, 1.54) is 0 Å². The molecular formula is C30H30N2O5S. The molecule has 196 valence electrons. The van der Waals surface area contributed by atoms with Gasteiger partial charge in [-0.05, 0) is 28.9 Å². The maximum absolute atomic E-state index is 6.44. The Labute approximate surface area is 227 Å². The van der Waals surface area contributed by atoms with Crippen LogP contribution in [0.1, 0.15) is 16.7 Å². The van der Waals surface area contributed by atoms with Crippen molar-refractivity contribution in [3.63, 3.8) is 0 Å². The van der Waals surface area contributed by atoms with Crippen molar-refractivity contribution in [1.82, 2.24) is 9.55 Å². The van der Waals surface area contributed by atoms with Crippen molar-refractivity contribution in [2.45, 2.75) is 44.4 Å². The number of aromatic nitrogens is 2. The van der Waals surface area contributed by atoms with Gasteiger partial charge in [0.05, 0.1) is 26.4 Å². The van der Waals surface area contributed by atoms with E-state index in [1.54, 1.807) is 23.3 Å². The minimum Gasteiger partial charge on any atom is -0.437 e. The van der Waals surface area contributed by atoms with Crippen molar-refractivity contribution in [3.8, 4) is 0 Å². The molecule has 8 heteroatoms. The van der Waals surface area contributed by atoms with Crippen molar-refractivity contribution in [3.05, 3.63) is 126 Å². The zero-order valence-corrected chi connectivity index (χ0v) is 21.7. The number of nitrogens with zero attached hydrogens (tertiary/aromatic N) is 2. The van der Waals surface area contributed by atoms with Crippen LogP contribution in [0, 0.1) is 0 Å². The predicted octanol–water partition coefficient (Wildman–Crippen LogP) is 5.15. The first-order valence-electron chi connectivity index (χ1n) is 12.5. The molecule has 5 rings (SSSR count). The second-order valence-electron chi connectivity index (χ2n) is 8.92. The molecule has 7 nitrogen and oxygen atoms in total. The van der Waals surface area contributed by atoms with Gasteiger partial charge in [0.25, 0.3) is 5.17 Å². The third-order valence-corrected chi connectivity index (χ3v) is 6.47. The monoisotopic (exact) mass is 530 g/mol. The Morgan fingerprint density at radius 1 is 0.763 bits per heavy atom. The molecule has 0 bridgehead atoms. The van der Waals surface area contributed by atoms with Gasteiger partial charge in [0.1, 0.15) is 24.6 Å². The zero-order chi connectivity index (χ0) is 26.0. The molecule has 1 aliphatic rings. The number of hydrogen-bond donors (Lipinski definition) is 0. The highest BCUT2D eigenvalue weighted by molar-refractivity contribution is 7.80. The summed E-state index contributed by atoms with van der Waals surface area (Å²) < 4.78 is 33.0. The minimum absolute atomic E-state index is 0.216. The summed E-state index contributed by atoms with van der Waals surface area (Å²) in [5.74, 6) is 0. The Bertz CT molecular complexity index is 1240. The van der Waals surface area contributed by atoms with E-state index >= 15 is 0 Å². The summed E-state index contributed by atoms with van der Waals surface area (Å²) in [7, 11) is 0. The largest absolute Gasteiger partial charge is 0.437 e. The van der Waals surface area contributed by atoms with Gasteiger partial charge in [-0.1, -0.05) is 91.0 Å². The molecule has 0 radical (unpaired) electrons. The van der Waals surface area contributed by atoms with Crippen molar-refractivity contribution in [2.75, 3.05) is 6.61 Å². The van der Waals surface area contributed by atoms with Crippen LogP contribution in [0.3, 0.4) is 0 Å². The summed E-state index contributed by atoms with van der Waals surface area (Å²) in [6.45, 7) is 1.53. The molecule has 1 fully saturated rings. The van der Waals surface area contributed by atoms with Crippen molar-refractivity contribution >= 4 is 17.4 Å². The smallest absolute Gasteiger partial charge is 0.271 e. The van der Waals surface area contributed by atoms with E-state index in [9.17, 15) is 0 Å². The van der Waals surface area contributed by atoms with Crippen molar-refractivity contribution in [2.24, 2.45) is 0 Å². The number of imidazole rings is 1. The van der Waals surface area contributed by atoms with Gasteiger partial charge in [-0.3, -0.25) is 4.57 Å². The molecule has 0 unspecified atom stereocenters. The average Bonchev–Trinajstić information content (AvgIpc) is 3.61. The SMILES string of the molecule is S=C(O[C@@H]1O[C@H](COCc2ccccc2)[C@@H](OCc2ccccc2)[C@H]1OCc1ccccc1)n1ccnc1.